The van der Waals surface area contributed by atoms with Gasteiger partial charge in [-0.05, 0) is 51.2 Å². The number of carboxylic acids is 1. The van der Waals surface area contributed by atoms with Crippen LogP contribution >= 0.6 is 11.8 Å². The Bertz CT molecular complexity index is 635. The molecule has 4 atom stereocenters. The van der Waals surface area contributed by atoms with Crippen LogP contribution in [0.3, 0.4) is 0 Å². The summed E-state index contributed by atoms with van der Waals surface area (Å²) in [6, 6.07) is -4.35. The lowest BCUT2D eigenvalue weighted by Gasteiger charge is -2.23. The summed E-state index contributed by atoms with van der Waals surface area (Å²) in [5, 5.41) is 16.3. The van der Waals surface area contributed by atoms with Gasteiger partial charge < -0.3 is 38.3 Å². The SMILES string of the molecule is CSCC[C@H](N)C(=O)N[C@@H](CCCCN)C(=O)N[C@@H](C)C(=O)N[C@@H](CC(N)=O)C(=O)O. The van der Waals surface area contributed by atoms with Crippen LogP contribution in [0.2, 0.25) is 0 Å². The Morgan fingerprint density at radius 2 is 1.55 bits per heavy atom. The third-order valence-electron chi connectivity index (χ3n) is 4.32. The van der Waals surface area contributed by atoms with Gasteiger partial charge in [0, 0.05) is 0 Å². The number of rotatable bonds is 16. The minimum absolute atomic E-state index is 0.289. The molecular weight excluding hydrogens is 428 g/mol. The van der Waals surface area contributed by atoms with E-state index in [-0.39, 0.29) is 6.42 Å². The van der Waals surface area contributed by atoms with E-state index in [9.17, 15) is 24.0 Å². The maximum Gasteiger partial charge on any atom is 0.326 e. The zero-order chi connectivity index (χ0) is 24.0. The zero-order valence-electron chi connectivity index (χ0n) is 17.9. The Morgan fingerprint density at radius 1 is 0.935 bits per heavy atom. The monoisotopic (exact) mass is 462 g/mol. The smallest absolute Gasteiger partial charge is 0.326 e. The molecule has 0 heterocycles. The molecule has 0 aromatic heterocycles. The first kappa shape index (κ1) is 28.6. The van der Waals surface area contributed by atoms with E-state index in [1.165, 1.54) is 6.92 Å². The van der Waals surface area contributed by atoms with Crippen molar-refractivity contribution in [3.63, 3.8) is 0 Å². The van der Waals surface area contributed by atoms with Crippen molar-refractivity contribution in [3.05, 3.63) is 0 Å². The molecule has 31 heavy (non-hydrogen) atoms. The Hall–Kier alpha value is -2.38. The zero-order valence-corrected chi connectivity index (χ0v) is 18.7. The van der Waals surface area contributed by atoms with Crippen LogP contribution in [0.4, 0.5) is 0 Å². The fourth-order valence-corrected chi connectivity index (χ4v) is 2.98. The van der Waals surface area contributed by atoms with Gasteiger partial charge in [-0.2, -0.15) is 11.8 Å². The molecule has 0 aliphatic carbocycles. The summed E-state index contributed by atoms with van der Waals surface area (Å²) in [4.78, 5) is 59.3. The van der Waals surface area contributed by atoms with Gasteiger partial charge in [-0.3, -0.25) is 19.2 Å². The van der Waals surface area contributed by atoms with Crippen LogP contribution in [-0.2, 0) is 24.0 Å². The molecule has 0 saturated carbocycles. The number of nitrogens with one attached hydrogen (secondary N) is 3. The fraction of sp³-hybridized carbons (Fsp3) is 0.722. The van der Waals surface area contributed by atoms with E-state index in [1.807, 2.05) is 6.26 Å². The molecule has 4 amide bonds. The van der Waals surface area contributed by atoms with Gasteiger partial charge in [0.2, 0.25) is 23.6 Å². The average molecular weight is 463 g/mol. The largest absolute Gasteiger partial charge is 0.480 e. The molecule has 0 aliphatic heterocycles. The van der Waals surface area contributed by atoms with E-state index in [0.29, 0.717) is 31.6 Å². The van der Waals surface area contributed by atoms with E-state index in [0.717, 1.165) is 0 Å². The van der Waals surface area contributed by atoms with Crippen molar-refractivity contribution in [1.82, 2.24) is 16.0 Å². The topological polar surface area (TPSA) is 220 Å². The van der Waals surface area contributed by atoms with E-state index in [4.69, 9.17) is 22.3 Å². The summed E-state index contributed by atoms with van der Waals surface area (Å²) in [7, 11) is 0. The minimum atomic E-state index is -1.51. The third kappa shape index (κ3) is 12.2. The number of thioether (sulfide) groups is 1. The van der Waals surface area contributed by atoms with Crippen molar-refractivity contribution in [3.8, 4) is 0 Å². The van der Waals surface area contributed by atoms with Gasteiger partial charge in [-0.1, -0.05) is 0 Å². The van der Waals surface area contributed by atoms with Crippen LogP contribution < -0.4 is 33.2 Å². The Labute approximate surface area is 185 Å². The molecule has 0 bridgehead atoms. The summed E-state index contributed by atoms with van der Waals surface area (Å²) < 4.78 is 0. The maximum absolute atomic E-state index is 12.6. The minimum Gasteiger partial charge on any atom is -0.480 e. The number of amides is 4. The summed E-state index contributed by atoms with van der Waals surface area (Å²) in [6.45, 7) is 1.77. The second kappa shape index (κ2) is 15.4. The molecule has 0 fully saturated rings. The number of aliphatic carboxylic acids is 1. The molecule has 12 nitrogen and oxygen atoms in total. The van der Waals surface area contributed by atoms with Gasteiger partial charge in [0.1, 0.15) is 18.1 Å². The number of primary amides is 1. The van der Waals surface area contributed by atoms with E-state index in [2.05, 4.69) is 16.0 Å². The first-order valence-electron chi connectivity index (χ1n) is 9.90. The quantitative estimate of drug-likeness (QED) is 0.122. The Balaban J connectivity index is 5.04. The lowest BCUT2D eigenvalue weighted by Crippen LogP contribution is -2.56. The fourth-order valence-electron chi connectivity index (χ4n) is 2.49. The van der Waals surface area contributed by atoms with Crippen molar-refractivity contribution >= 4 is 41.4 Å². The molecule has 10 N–H and O–H groups in total. The molecule has 0 aromatic carbocycles. The van der Waals surface area contributed by atoms with Crippen molar-refractivity contribution < 1.29 is 29.1 Å². The molecule has 0 rings (SSSR count). The summed E-state index contributed by atoms with van der Waals surface area (Å²) >= 11 is 1.54. The maximum atomic E-state index is 12.6. The average Bonchev–Trinajstić information content (AvgIpc) is 2.69. The number of carboxylic acid groups (broad SMARTS) is 1. The molecule has 178 valence electrons. The normalized spacial score (nSPS) is 14.6. The lowest BCUT2D eigenvalue weighted by molar-refractivity contribution is -0.143. The lowest BCUT2D eigenvalue weighted by atomic mass is 10.1. The highest BCUT2D eigenvalue weighted by atomic mass is 32.2. The van der Waals surface area contributed by atoms with Gasteiger partial charge in [-0.25, -0.2) is 4.79 Å². The molecule has 0 radical (unpaired) electrons. The second-order valence-electron chi connectivity index (χ2n) is 7.03. The Kier molecular flexibility index (Phi) is 14.2. The van der Waals surface area contributed by atoms with Crippen molar-refractivity contribution in [2.75, 3.05) is 18.6 Å². The molecule has 13 heteroatoms. The van der Waals surface area contributed by atoms with Gasteiger partial charge in [0.05, 0.1) is 12.5 Å². The standard InChI is InChI=1S/C18H34N6O6S/c1-10(15(26)24-13(18(29)30)9-14(21)25)22-17(28)12(5-3-4-7-19)23-16(27)11(20)6-8-31-2/h10-13H,3-9,19-20H2,1-2H3,(H2,21,25)(H,22,28)(H,23,27)(H,24,26)(H,29,30)/t10-,11-,12-,13-/m0/s1. The molecule has 0 spiro atoms. The number of nitrogens with two attached hydrogens (primary N) is 3. The van der Waals surface area contributed by atoms with Crippen LogP contribution in [-0.4, -0.2) is 77.4 Å². The highest BCUT2D eigenvalue weighted by molar-refractivity contribution is 7.98. The van der Waals surface area contributed by atoms with Gasteiger partial charge in [-0.15, -0.1) is 0 Å². The highest BCUT2D eigenvalue weighted by Crippen LogP contribution is 2.04. The van der Waals surface area contributed by atoms with Crippen molar-refractivity contribution in [1.29, 1.82) is 0 Å². The van der Waals surface area contributed by atoms with E-state index >= 15 is 0 Å². The third-order valence-corrected chi connectivity index (χ3v) is 4.97. The van der Waals surface area contributed by atoms with Crippen LogP contribution in [0.15, 0.2) is 0 Å². The molecule has 0 aliphatic rings. The van der Waals surface area contributed by atoms with E-state index < -0.39 is 60.2 Å². The molecule has 0 aromatic rings. The summed E-state index contributed by atoms with van der Waals surface area (Å²) in [6.07, 6.45) is 3.24. The number of unbranched alkanes of at least 4 members (excludes halogenated alkanes) is 1. The predicted molar refractivity (Wildman–Crippen MR) is 117 cm³/mol. The summed E-state index contributed by atoms with van der Waals surface area (Å²) in [5.41, 5.74) is 16.3. The number of hydrogen-bond acceptors (Lipinski definition) is 8. The van der Waals surface area contributed by atoms with Gasteiger partial charge in [0.15, 0.2) is 0 Å². The highest BCUT2D eigenvalue weighted by Gasteiger charge is 2.28. The molecule has 0 saturated heterocycles. The van der Waals surface area contributed by atoms with Gasteiger partial charge in [0.25, 0.3) is 0 Å². The van der Waals surface area contributed by atoms with Crippen LogP contribution in [0.5, 0.6) is 0 Å². The molecule has 0 unspecified atom stereocenters. The number of hydrogen-bond donors (Lipinski definition) is 7. The first-order chi connectivity index (χ1) is 14.5. The Morgan fingerprint density at radius 3 is 2.06 bits per heavy atom. The summed E-state index contributed by atoms with van der Waals surface area (Å²) in [5.74, 6) is -3.56. The van der Waals surface area contributed by atoms with Crippen molar-refractivity contribution in [2.24, 2.45) is 17.2 Å². The van der Waals surface area contributed by atoms with E-state index in [1.54, 1.807) is 11.8 Å². The van der Waals surface area contributed by atoms with Crippen LogP contribution in [0.25, 0.3) is 0 Å². The van der Waals surface area contributed by atoms with Crippen LogP contribution in [0.1, 0.15) is 39.0 Å². The van der Waals surface area contributed by atoms with Crippen LogP contribution in [0, 0.1) is 0 Å². The van der Waals surface area contributed by atoms with Gasteiger partial charge >= 0.3 is 5.97 Å². The van der Waals surface area contributed by atoms with Crippen molar-refractivity contribution in [2.45, 2.75) is 63.2 Å². The molecular formula is C18H34N6O6S. The predicted octanol–water partition coefficient (Wildman–Crippen LogP) is -2.37. The second-order valence-corrected chi connectivity index (χ2v) is 8.02. The first-order valence-corrected chi connectivity index (χ1v) is 11.3. The number of carbonyl (C=O) groups is 5. The number of carbonyl (C=O) groups excluding carboxylic acids is 4.